The van der Waals surface area contributed by atoms with Crippen molar-refractivity contribution in [2.45, 2.75) is 13.8 Å². The lowest BCUT2D eigenvalue weighted by Crippen LogP contribution is -2.06. The number of anilines is 1. The SMILES string of the molecule is Cc1cc(C)n(-c2cc(C(=O)O)ccc2N)n1. The molecule has 0 saturated heterocycles. The zero-order chi connectivity index (χ0) is 12.6. The van der Waals surface area contributed by atoms with Crippen LogP contribution in [0.2, 0.25) is 0 Å². The maximum atomic E-state index is 10.9. The van der Waals surface area contributed by atoms with Crippen LogP contribution in [-0.4, -0.2) is 20.9 Å². The van der Waals surface area contributed by atoms with Crippen molar-refractivity contribution in [1.29, 1.82) is 0 Å². The Balaban J connectivity index is 2.62. The summed E-state index contributed by atoms with van der Waals surface area (Å²) in [5.41, 5.74) is 8.91. The minimum absolute atomic E-state index is 0.196. The number of carboxylic acids is 1. The van der Waals surface area contributed by atoms with E-state index in [2.05, 4.69) is 5.10 Å². The minimum atomic E-state index is -0.979. The molecular formula is C12H13N3O2. The first-order valence-electron chi connectivity index (χ1n) is 5.15. The summed E-state index contributed by atoms with van der Waals surface area (Å²) >= 11 is 0. The zero-order valence-corrected chi connectivity index (χ0v) is 9.64. The highest BCUT2D eigenvalue weighted by atomic mass is 16.4. The van der Waals surface area contributed by atoms with Crippen molar-refractivity contribution in [3.05, 3.63) is 41.2 Å². The maximum absolute atomic E-state index is 10.9. The van der Waals surface area contributed by atoms with E-state index in [-0.39, 0.29) is 5.56 Å². The van der Waals surface area contributed by atoms with Gasteiger partial charge in [0.15, 0.2) is 0 Å². The van der Waals surface area contributed by atoms with Crippen molar-refractivity contribution in [3.8, 4) is 5.69 Å². The third kappa shape index (κ3) is 1.99. The molecule has 0 bridgehead atoms. The van der Waals surface area contributed by atoms with E-state index in [1.165, 1.54) is 12.1 Å². The lowest BCUT2D eigenvalue weighted by molar-refractivity contribution is 0.0697. The van der Waals surface area contributed by atoms with E-state index < -0.39 is 5.97 Å². The van der Waals surface area contributed by atoms with E-state index in [0.717, 1.165) is 11.4 Å². The van der Waals surface area contributed by atoms with Gasteiger partial charge >= 0.3 is 5.97 Å². The molecule has 1 aromatic heterocycles. The van der Waals surface area contributed by atoms with E-state index in [0.29, 0.717) is 11.4 Å². The van der Waals surface area contributed by atoms with E-state index in [1.54, 1.807) is 10.7 Å². The second kappa shape index (κ2) is 3.93. The van der Waals surface area contributed by atoms with E-state index in [1.807, 2.05) is 19.9 Å². The van der Waals surface area contributed by atoms with Gasteiger partial charge in [-0.3, -0.25) is 0 Å². The topological polar surface area (TPSA) is 81.1 Å². The summed E-state index contributed by atoms with van der Waals surface area (Å²) in [6, 6.07) is 6.49. The number of aryl methyl sites for hydroxylation is 2. The van der Waals surface area contributed by atoms with Crippen molar-refractivity contribution >= 4 is 11.7 Å². The molecule has 0 fully saturated rings. The van der Waals surface area contributed by atoms with Gasteiger partial charge in [0.2, 0.25) is 0 Å². The van der Waals surface area contributed by atoms with Crippen LogP contribution in [0.1, 0.15) is 21.7 Å². The molecule has 3 N–H and O–H groups in total. The highest BCUT2D eigenvalue weighted by Gasteiger charge is 2.11. The Bertz CT molecular complexity index is 587. The second-order valence-corrected chi connectivity index (χ2v) is 3.92. The number of nitrogen functional groups attached to an aromatic ring is 1. The number of nitrogens with zero attached hydrogens (tertiary/aromatic N) is 2. The quantitative estimate of drug-likeness (QED) is 0.772. The molecule has 5 heteroatoms. The second-order valence-electron chi connectivity index (χ2n) is 3.92. The lowest BCUT2D eigenvalue weighted by Gasteiger charge is -2.08. The van der Waals surface area contributed by atoms with Gasteiger partial charge in [-0.2, -0.15) is 5.10 Å². The number of hydrogen-bond acceptors (Lipinski definition) is 3. The number of benzene rings is 1. The third-order valence-electron chi connectivity index (χ3n) is 2.52. The van der Waals surface area contributed by atoms with Crippen molar-refractivity contribution in [1.82, 2.24) is 9.78 Å². The number of aromatic carboxylic acids is 1. The van der Waals surface area contributed by atoms with Gasteiger partial charge < -0.3 is 10.8 Å². The summed E-state index contributed by atoms with van der Waals surface area (Å²) in [6.45, 7) is 3.77. The van der Waals surface area contributed by atoms with E-state index in [9.17, 15) is 4.79 Å². The van der Waals surface area contributed by atoms with Crippen molar-refractivity contribution in [3.63, 3.8) is 0 Å². The lowest BCUT2D eigenvalue weighted by atomic mass is 10.1. The Morgan fingerprint density at radius 2 is 2.06 bits per heavy atom. The van der Waals surface area contributed by atoms with Crippen LogP contribution < -0.4 is 5.73 Å². The van der Waals surface area contributed by atoms with Crippen LogP contribution in [0.4, 0.5) is 5.69 Å². The summed E-state index contributed by atoms with van der Waals surface area (Å²) < 4.78 is 1.65. The molecule has 0 aliphatic rings. The van der Waals surface area contributed by atoms with Crippen LogP contribution >= 0.6 is 0 Å². The Labute approximate surface area is 98.5 Å². The van der Waals surface area contributed by atoms with E-state index in [4.69, 9.17) is 10.8 Å². The zero-order valence-electron chi connectivity index (χ0n) is 9.64. The molecule has 0 atom stereocenters. The fourth-order valence-electron chi connectivity index (χ4n) is 1.73. The molecule has 17 heavy (non-hydrogen) atoms. The molecule has 0 aliphatic heterocycles. The highest BCUT2D eigenvalue weighted by molar-refractivity contribution is 5.89. The number of aromatic nitrogens is 2. The van der Waals surface area contributed by atoms with Crippen molar-refractivity contribution in [2.24, 2.45) is 0 Å². The van der Waals surface area contributed by atoms with Gasteiger partial charge in [0.1, 0.15) is 0 Å². The van der Waals surface area contributed by atoms with Crippen LogP contribution in [0.15, 0.2) is 24.3 Å². The van der Waals surface area contributed by atoms with Crippen LogP contribution in [0.3, 0.4) is 0 Å². The average Bonchev–Trinajstić information content (AvgIpc) is 2.58. The summed E-state index contributed by atoms with van der Waals surface area (Å²) in [6.07, 6.45) is 0. The molecule has 1 heterocycles. The van der Waals surface area contributed by atoms with Gasteiger partial charge in [0, 0.05) is 5.69 Å². The predicted molar refractivity (Wildman–Crippen MR) is 64.4 cm³/mol. The summed E-state index contributed by atoms with van der Waals surface area (Å²) in [4.78, 5) is 10.9. The summed E-state index contributed by atoms with van der Waals surface area (Å²) in [5.74, 6) is -0.979. The molecule has 0 amide bonds. The van der Waals surface area contributed by atoms with Gasteiger partial charge in [-0.05, 0) is 38.1 Å². The number of carbonyl (C=O) groups is 1. The van der Waals surface area contributed by atoms with Crippen LogP contribution in [0.5, 0.6) is 0 Å². The van der Waals surface area contributed by atoms with Crippen molar-refractivity contribution in [2.75, 3.05) is 5.73 Å². The number of rotatable bonds is 2. The van der Waals surface area contributed by atoms with Crippen molar-refractivity contribution < 1.29 is 9.90 Å². The fourth-order valence-corrected chi connectivity index (χ4v) is 1.73. The molecular weight excluding hydrogens is 218 g/mol. The summed E-state index contributed by atoms with van der Waals surface area (Å²) in [7, 11) is 0. The molecule has 1 aromatic carbocycles. The van der Waals surface area contributed by atoms with Crippen LogP contribution in [0, 0.1) is 13.8 Å². The standard InChI is InChI=1S/C12H13N3O2/c1-7-5-8(2)15(14-7)11-6-9(12(16)17)3-4-10(11)13/h3-6H,13H2,1-2H3,(H,16,17). The fraction of sp³-hybridized carbons (Fsp3) is 0.167. The molecule has 88 valence electrons. The Hall–Kier alpha value is -2.30. The van der Waals surface area contributed by atoms with Gasteiger partial charge in [0.25, 0.3) is 0 Å². The Morgan fingerprint density at radius 1 is 1.35 bits per heavy atom. The molecule has 2 aromatic rings. The minimum Gasteiger partial charge on any atom is -0.478 e. The Morgan fingerprint density at radius 3 is 2.59 bits per heavy atom. The molecule has 5 nitrogen and oxygen atoms in total. The predicted octanol–water partition coefficient (Wildman–Crippen LogP) is 1.77. The number of nitrogens with two attached hydrogens (primary N) is 1. The van der Waals surface area contributed by atoms with Gasteiger partial charge in [-0.1, -0.05) is 0 Å². The monoisotopic (exact) mass is 231 g/mol. The molecule has 0 unspecified atom stereocenters. The third-order valence-corrected chi connectivity index (χ3v) is 2.52. The first-order valence-corrected chi connectivity index (χ1v) is 5.15. The average molecular weight is 231 g/mol. The molecule has 0 radical (unpaired) electrons. The number of carboxylic acid groups (broad SMARTS) is 1. The molecule has 2 rings (SSSR count). The first kappa shape index (κ1) is 11.2. The number of hydrogen-bond donors (Lipinski definition) is 2. The van der Waals surface area contributed by atoms with Gasteiger partial charge in [-0.15, -0.1) is 0 Å². The smallest absolute Gasteiger partial charge is 0.335 e. The molecule has 0 saturated carbocycles. The van der Waals surface area contributed by atoms with Gasteiger partial charge in [-0.25, -0.2) is 9.48 Å². The highest BCUT2D eigenvalue weighted by Crippen LogP contribution is 2.20. The normalized spacial score (nSPS) is 10.5. The van der Waals surface area contributed by atoms with Crippen LogP contribution in [-0.2, 0) is 0 Å². The summed E-state index contributed by atoms with van der Waals surface area (Å²) in [5, 5.41) is 13.2. The first-order chi connectivity index (χ1) is 7.99. The molecule has 0 spiro atoms. The van der Waals surface area contributed by atoms with Crippen LogP contribution in [0.25, 0.3) is 5.69 Å². The van der Waals surface area contributed by atoms with E-state index >= 15 is 0 Å². The van der Waals surface area contributed by atoms with Gasteiger partial charge in [0.05, 0.1) is 22.6 Å². The molecule has 0 aliphatic carbocycles. The largest absolute Gasteiger partial charge is 0.478 e. The maximum Gasteiger partial charge on any atom is 0.335 e. The Kier molecular flexibility index (Phi) is 2.59.